The van der Waals surface area contributed by atoms with Gasteiger partial charge in [0.25, 0.3) is 0 Å². The summed E-state index contributed by atoms with van der Waals surface area (Å²) in [5.74, 6) is -0.0928. The molecule has 10 heteroatoms. The summed E-state index contributed by atoms with van der Waals surface area (Å²) < 4.78 is 25.8. The lowest BCUT2D eigenvalue weighted by Crippen LogP contribution is -2.44. The number of amides is 1. The van der Waals surface area contributed by atoms with Crippen LogP contribution in [0.15, 0.2) is 36.7 Å². The molecule has 2 aromatic carbocycles. The maximum absolute atomic E-state index is 14.3. The normalized spacial score (nSPS) is 14.8. The van der Waals surface area contributed by atoms with E-state index in [0.717, 1.165) is 0 Å². The van der Waals surface area contributed by atoms with E-state index < -0.39 is 11.4 Å². The molecule has 2 heterocycles. The molecule has 0 saturated carbocycles. The van der Waals surface area contributed by atoms with Crippen molar-refractivity contribution in [2.45, 2.75) is 45.3 Å². The molecule has 4 rings (SSSR count). The van der Waals surface area contributed by atoms with Gasteiger partial charge in [-0.05, 0) is 39.0 Å². The van der Waals surface area contributed by atoms with Crippen molar-refractivity contribution in [3.05, 3.63) is 47.5 Å². The van der Waals surface area contributed by atoms with Gasteiger partial charge in [0.1, 0.15) is 23.9 Å². The van der Waals surface area contributed by atoms with Crippen molar-refractivity contribution in [1.82, 2.24) is 14.9 Å². The molecule has 1 fully saturated rings. The van der Waals surface area contributed by atoms with Gasteiger partial charge in [0.2, 0.25) is 0 Å². The average molecular weight is 489 g/mol. The van der Waals surface area contributed by atoms with Gasteiger partial charge in [0.15, 0.2) is 17.3 Å². The summed E-state index contributed by atoms with van der Waals surface area (Å²) >= 11 is 5.86. The number of piperidine rings is 1. The first-order chi connectivity index (χ1) is 16.1. The molecule has 1 aliphatic rings. The van der Waals surface area contributed by atoms with Crippen LogP contribution in [-0.4, -0.2) is 50.9 Å². The van der Waals surface area contributed by atoms with Crippen molar-refractivity contribution in [3.8, 4) is 11.5 Å². The van der Waals surface area contributed by atoms with Gasteiger partial charge in [0.05, 0.1) is 16.2 Å². The quantitative estimate of drug-likeness (QED) is 0.489. The van der Waals surface area contributed by atoms with Crippen molar-refractivity contribution in [2.75, 3.05) is 18.4 Å². The smallest absolute Gasteiger partial charge is 0.410 e. The second-order valence-corrected chi connectivity index (χ2v) is 9.48. The molecule has 1 amide bonds. The summed E-state index contributed by atoms with van der Waals surface area (Å²) in [5.41, 5.74) is 0.123. The number of aromatic nitrogens is 2. The maximum Gasteiger partial charge on any atom is 0.410 e. The molecule has 0 spiro atoms. The highest BCUT2D eigenvalue weighted by molar-refractivity contribution is 6.31. The molecule has 0 bridgehead atoms. The van der Waals surface area contributed by atoms with Crippen molar-refractivity contribution < 1.29 is 23.8 Å². The first-order valence-corrected chi connectivity index (χ1v) is 11.3. The van der Waals surface area contributed by atoms with Crippen molar-refractivity contribution in [2.24, 2.45) is 0 Å². The molecule has 1 saturated heterocycles. The van der Waals surface area contributed by atoms with Crippen molar-refractivity contribution in [3.63, 3.8) is 0 Å². The monoisotopic (exact) mass is 488 g/mol. The number of hydrogen-bond donors (Lipinski definition) is 2. The Labute approximate surface area is 201 Å². The van der Waals surface area contributed by atoms with E-state index in [9.17, 15) is 14.3 Å². The average Bonchev–Trinajstić information content (AvgIpc) is 2.77. The highest BCUT2D eigenvalue weighted by atomic mass is 35.5. The van der Waals surface area contributed by atoms with Crippen LogP contribution in [-0.2, 0) is 4.74 Å². The highest BCUT2D eigenvalue weighted by Gasteiger charge is 2.28. The predicted molar refractivity (Wildman–Crippen MR) is 127 cm³/mol. The molecule has 0 unspecified atom stereocenters. The molecular weight excluding hydrogens is 463 g/mol. The molecule has 3 aromatic rings. The third-order valence-corrected chi connectivity index (χ3v) is 5.60. The molecular formula is C24H26ClFN4O4. The van der Waals surface area contributed by atoms with E-state index in [2.05, 4.69) is 15.3 Å². The van der Waals surface area contributed by atoms with Gasteiger partial charge in [-0.2, -0.15) is 0 Å². The number of anilines is 2. The van der Waals surface area contributed by atoms with E-state index in [1.54, 1.807) is 17.0 Å². The number of likely N-dealkylation sites (tertiary alicyclic amines) is 1. The minimum absolute atomic E-state index is 0.0142. The third kappa shape index (κ3) is 5.41. The van der Waals surface area contributed by atoms with E-state index in [1.165, 1.54) is 24.5 Å². The van der Waals surface area contributed by atoms with E-state index in [1.807, 2.05) is 20.8 Å². The van der Waals surface area contributed by atoms with E-state index in [4.69, 9.17) is 21.1 Å². The molecule has 180 valence electrons. The van der Waals surface area contributed by atoms with Gasteiger partial charge in [-0.25, -0.2) is 19.2 Å². The fourth-order valence-corrected chi connectivity index (χ4v) is 3.83. The summed E-state index contributed by atoms with van der Waals surface area (Å²) in [7, 11) is 0. The summed E-state index contributed by atoms with van der Waals surface area (Å²) in [6.45, 7) is 6.49. The first-order valence-electron chi connectivity index (χ1n) is 10.9. The Balaban J connectivity index is 1.47. The molecule has 2 N–H and O–H groups in total. The zero-order valence-corrected chi connectivity index (χ0v) is 19.9. The molecule has 0 radical (unpaired) electrons. The Morgan fingerprint density at radius 3 is 2.68 bits per heavy atom. The number of rotatable bonds is 4. The summed E-state index contributed by atoms with van der Waals surface area (Å²) in [6, 6.07) is 7.70. The number of ether oxygens (including phenoxy) is 2. The van der Waals surface area contributed by atoms with Crippen LogP contribution < -0.4 is 10.1 Å². The lowest BCUT2D eigenvalue weighted by molar-refractivity contribution is 0.0124. The Morgan fingerprint density at radius 2 is 1.97 bits per heavy atom. The Kier molecular flexibility index (Phi) is 6.65. The number of benzene rings is 2. The van der Waals surface area contributed by atoms with Crippen LogP contribution in [0.2, 0.25) is 5.02 Å². The number of nitrogens with zero attached hydrogens (tertiary/aromatic N) is 3. The van der Waals surface area contributed by atoms with E-state index >= 15 is 0 Å². The Bertz CT molecular complexity index is 1210. The minimum atomic E-state index is -0.599. The molecule has 8 nitrogen and oxygen atoms in total. The fourth-order valence-electron chi connectivity index (χ4n) is 3.66. The minimum Gasteiger partial charge on any atom is -0.504 e. The largest absolute Gasteiger partial charge is 0.504 e. The number of carbonyl (C=O) groups excluding carboxylic acids is 1. The molecule has 1 aromatic heterocycles. The summed E-state index contributed by atoms with van der Waals surface area (Å²) in [5, 5.41) is 14.0. The maximum atomic E-state index is 14.3. The van der Waals surface area contributed by atoms with Crippen LogP contribution in [0.25, 0.3) is 10.9 Å². The lowest BCUT2D eigenvalue weighted by atomic mass is 10.1. The van der Waals surface area contributed by atoms with E-state index in [-0.39, 0.29) is 34.4 Å². The van der Waals surface area contributed by atoms with Crippen molar-refractivity contribution in [1.29, 1.82) is 0 Å². The molecule has 0 aliphatic carbocycles. The summed E-state index contributed by atoms with van der Waals surface area (Å²) in [4.78, 5) is 22.3. The molecule has 1 aliphatic heterocycles. The predicted octanol–water partition coefficient (Wildman–Crippen LogP) is 5.65. The van der Waals surface area contributed by atoms with Gasteiger partial charge in [0, 0.05) is 37.4 Å². The summed E-state index contributed by atoms with van der Waals surface area (Å²) in [6.07, 6.45) is 2.02. The lowest BCUT2D eigenvalue weighted by Gasteiger charge is -2.33. The zero-order chi connectivity index (χ0) is 24.5. The van der Waals surface area contributed by atoms with Crippen LogP contribution in [0.1, 0.15) is 33.6 Å². The molecule has 0 atom stereocenters. The number of aromatic hydroxyl groups is 1. The van der Waals surface area contributed by atoms with Gasteiger partial charge in [-0.3, -0.25) is 0 Å². The Hall–Kier alpha value is -3.33. The number of hydrogen-bond acceptors (Lipinski definition) is 7. The van der Waals surface area contributed by atoms with Crippen LogP contribution in [0.5, 0.6) is 11.5 Å². The van der Waals surface area contributed by atoms with Gasteiger partial charge < -0.3 is 24.8 Å². The third-order valence-electron chi connectivity index (χ3n) is 5.31. The van der Waals surface area contributed by atoms with Crippen molar-refractivity contribution >= 4 is 40.1 Å². The van der Waals surface area contributed by atoms with Gasteiger partial charge in [-0.15, -0.1) is 0 Å². The fraction of sp³-hybridized carbons (Fsp3) is 0.375. The second-order valence-electron chi connectivity index (χ2n) is 9.07. The SMILES string of the molecule is CC(C)(C)OC(=O)N1CCC(Oc2cc3ncnc(Nc4cccc(Cl)c4F)c3cc2O)CC1. The number of phenolic OH excluding ortho intramolecular Hbond substituents is 1. The zero-order valence-electron chi connectivity index (χ0n) is 19.1. The van der Waals surface area contributed by atoms with Crippen LogP contribution in [0, 0.1) is 5.82 Å². The van der Waals surface area contributed by atoms with Gasteiger partial charge >= 0.3 is 6.09 Å². The van der Waals surface area contributed by atoms with Crippen LogP contribution in [0.3, 0.4) is 0 Å². The van der Waals surface area contributed by atoms with Gasteiger partial charge in [-0.1, -0.05) is 17.7 Å². The number of halogens is 2. The first kappa shape index (κ1) is 23.8. The van der Waals surface area contributed by atoms with Crippen LogP contribution >= 0.6 is 11.6 Å². The second kappa shape index (κ2) is 9.50. The number of carbonyl (C=O) groups is 1. The van der Waals surface area contributed by atoms with E-state index in [0.29, 0.717) is 42.7 Å². The Morgan fingerprint density at radius 1 is 1.24 bits per heavy atom. The molecule has 34 heavy (non-hydrogen) atoms. The number of fused-ring (bicyclic) bond motifs is 1. The standard InChI is InChI=1S/C24H26ClFN4O4/c1-24(2,3)34-23(32)30-9-7-14(8-10-30)33-20-12-18-15(11-19(20)31)22(28-13-27-18)29-17-6-4-5-16(25)21(17)26/h4-6,11-14,31H,7-10H2,1-3H3,(H,27,28,29). The number of phenols is 1. The van der Waals surface area contributed by atoms with Crippen LogP contribution in [0.4, 0.5) is 20.7 Å². The number of nitrogens with one attached hydrogen (secondary N) is 1. The topological polar surface area (TPSA) is 96.8 Å². The highest BCUT2D eigenvalue weighted by Crippen LogP contribution is 2.36.